The summed E-state index contributed by atoms with van der Waals surface area (Å²) in [5, 5.41) is 3.69. The lowest BCUT2D eigenvalue weighted by atomic mass is 9.74. The van der Waals surface area contributed by atoms with E-state index in [0.717, 1.165) is 90.7 Å². The van der Waals surface area contributed by atoms with Gasteiger partial charge in [-0.3, -0.25) is 14.7 Å². The van der Waals surface area contributed by atoms with Crippen molar-refractivity contribution in [2.45, 2.75) is 44.1 Å². The van der Waals surface area contributed by atoms with Crippen molar-refractivity contribution in [3.8, 4) is 0 Å². The summed E-state index contributed by atoms with van der Waals surface area (Å²) in [6.45, 7) is 9.93. The van der Waals surface area contributed by atoms with E-state index >= 15 is 0 Å². The summed E-state index contributed by atoms with van der Waals surface area (Å²) < 4.78 is 5.68. The number of carbonyl (C=O) groups excluding carboxylic acids is 1. The van der Waals surface area contributed by atoms with Gasteiger partial charge in [0.05, 0.1) is 6.04 Å². The van der Waals surface area contributed by atoms with Gasteiger partial charge in [-0.25, -0.2) is 0 Å². The quantitative estimate of drug-likeness (QED) is 0.559. The molecular formula is C25H39N5O2. The molecule has 1 N–H and O–H groups in total. The van der Waals surface area contributed by atoms with Gasteiger partial charge >= 0.3 is 0 Å². The maximum Gasteiger partial charge on any atom is 0.239 e. The lowest BCUT2D eigenvalue weighted by Crippen LogP contribution is -2.58. The van der Waals surface area contributed by atoms with E-state index in [-0.39, 0.29) is 11.5 Å². The fourth-order valence-electron chi connectivity index (χ4n) is 5.38. The standard InChI is InChI=1S/C25H39N5O2/c1-21(23(31)29-12-6-7-13-29)28-14-16-30(17-15-28)24(26-2)27-20-25(10-18-32-19-11-25)22-8-4-3-5-9-22/h3-5,8-9,21H,6-7,10-20H2,1-2H3,(H,26,27). The molecule has 4 rings (SSSR count). The lowest BCUT2D eigenvalue weighted by Gasteiger charge is -2.42. The summed E-state index contributed by atoms with van der Waals surface area (Å²) >= 11 is 0. The highest BCUT2D eigenvalue weighted by Crippen LogP contribution is 2.34. The Labute approximate surface area is 192 Å². The average Bonchev–Trinajstić information content (AvgIpc) is 3.40. The molecule has 7 nitrogen and oxygen atoms in total. The topological polar surface area (TPSA) is 60.4 Å². The summed E-state index contributed by atoms with van der Waals surface area (Å²) in [4.78, 5) is 24.1. The van der Waals surface area contributed by atoms with Gasteiger partial charge in [-0.05, 0) is 38.2 Å². The Bertz CT molecular complexity index is 764. The molecule has 1 aromatic rings. The summed E-state index contributed by atoms with van der Waals surface area (Å²) in [6.07, 6.45) is 4.32. The van der Waals surface area contributed by atoms with Gasteiger partial charge in [0, 0.05) is 71.5 Å². The average molecular weight is 442 g/mol. The number of hydrogen-bond donors (Lipinski definition) is 1. The number of ether oxygens (including phenoxy) is 1. The van der Waals surface area contributed by atoms with E-state index in [1.54, 1.807) is 0 Å². The number of carbonyl (C=O) groups is 1. The van der Waals surface area contributed by atoms with Crippen LogP contribution in [0.1, 0.15) is 38.2 Å². The van der Waals surface area contributed by atoms with Gasteiger partial charge in [0.15, 0.2) is 5.96 Å². The van der Waals surface area contributed by atoms with E-state index in [0.29, 0.717) is 5.91 Å². The molecule has 1 unspecified atom stereocenters. The highest BCUT2D eigenvalue weighted by atomic mass is 16.5. The molecule has 3 heterocycles. The van der Waals surface area contributed by atoms with Crippen molar-refractivity contribution in [2.75, 3.05) is 66.1 Å². The molecule has 0 saturated carbocycles. The van der Waals surface area contributed by atoms with E-state index in [2.05, 4.69) is 57.4 Å². The van der Waals surface area contributed by atoms with Crippen molar-refractivity contribution in [2.24, 2.45) is 4.99 Å². The van der Waals surface area contributed by atoms with Gasteiger partial charge in [0.25, 0.3) is 0 Å². The second-order valence-electron chi connectivity index (χ2n) is 9.39. The number of piperazine rings is 1. The second-order valence-corrected chi connectivity index (χ2v) is 9.39. The first-order valence-corrected chi connectivity index (χ1v) is 12.2. The third kappa shape index (κ3) is 5.09. The molecule has 7 heteroatoms. The lowest BCUT2D eigenvalue weighted by molar-refractivity contribution is -0.135. The zero-order valence-corrected chi connectivity index (χ0v) is 19.8. The summed E-state index contributed by atoms with van der Waals surface area (Å²) in [5.41, 5.74) is 1.46. The first-order valence-electron chi connectivity index (χ1n) is 12.2. The van der Waals surface area contributed by atoms with Crippen LogP contribution in [0.3, 0.4) is 0 Å². The van der Waals surface area contributed by atoms with Crippen LogP contribution in [0.15, 0.2) is 35.3 Å². The van der Waals surface area contributed by atoms with E-state index in [4.69, 9.17) is 4.74 Å². The molecule has 1 amide bonds. The normalized spacial score (nSPS) is 23.2. The Morgan fingerprint density at radius 3 is 2.31 bits per heavy atom. The van der Waals surface area contributed by atoms with Gasteiger partial charge in [-0.15, -0.1) is 0 Å². The number of rotatable bonds is 5. The van der Waals surface area contributed by atoms with E-state index < -0.39 is 0 Å². The van der Waals surface area contributed by atoms with Crippen LogP contribution in [0.25, 0.3) is 0 Å². The van der Waals surface area contributed by atoms with Crippen molar-refractivity contribution in [1.29, 1.82) is 0 Å². The number of hydrogen-bond acceptors (Lipinski definition) is 4. The molecule has 0 aromatic heterocycles. The molecule has 0 aliphatic carbocycles. The number of nitrogens with one attached hydrogen (secondary N) is 1. The minimum Gasteiger partial charge on any atom is -0.381 e. The first-order chi connectivity index (χ1) is 15.6. The predicted molar refractivity (Wildman–Crippen MR) is 128 cm³/mol. The van der Waals surface area contributed by atoms with Crippen molar-refractivity contribution >= 4 is 11.9 Å². The summed E-state index contributed by atoms with van der Waals surface area (Å²) in [6, 6.07) is 10.8. The van der Waals surface area contributed by atoms with Crippen LogP contribution in [0, 0.1) is 0 Å². The third-order valence-corrected chi connectivity index (χ3v) is 7.57. The van der Waals surface area contributed by atoms with Crippen molar-refractivity contribution in [3.63, 3.8) is 0 Å². The van der Waals surface area contributed by atoms with Crippen LogP contribution < -0.4 is 5.32 Å². The smallest absolute Gasteiger partial charge is 0.239 e. The van der Waals surface area contributed by atoms with Crippen molar-refractivity contribution < 1.29 is 9.53 Å². The number of amides is 1. The molecule has 3 saturated heterocycles. The molecule has 0 spiro atoms. The van der Waals surface area contributed by atoms with E-state index in [1.165, 1.54) is 5.56 Å². The van der Waals surface area contributed by atoms with Crippen LogP contribution >= 0.6 is 0 Å². The number of guanidine groups is 1. The third-order valence-electron chi connectivity index (χ3n) is 7.57. The van der Waals surface area contributed by atoms with Crippen LogP contribution in [-0.2, 0) is 14.9 Å². The van der Waals surface area contributed by atoms with Crippen LogP contribution in [-0.4, -0.2) is 98.7 Å². The fourth-order valence-corrected chi connectivity index (χ4v) is 5.38. The summed E-state index contributed by atoms with van der Waals surface area (Å²) in [5.74, 6) is 1.26. The Morgan fingerprint density at radius 1 is 1.03 bits per heavy atom. The molecule has 176 valence electrons. The van der Waals surface area contributed by atoms with E-state index in [1.807, 2.05) is 11.9 Å². The van der Waals surface area contributed by atoms with Crippen LogP contribution in [0.5, 0.6) is 0 Å². The zero-order valence-electron chi connectivity index (χ0n) is 19.8. The minimum absolute atomic E-state index is 0.0335. The monoisotopic (exact) mass is 441 g/mol. The largest absolute Gasteiger partial charge is 0.381 e. The van der Waals surface area contributed by atoms with Crippen LogP contribution in [0.2, 0.25) is 0 Å². The number of aliphatic imine (C=N–C) groups is 1. The van der Waals surface area contributed by atoms with E-state index in [9.17, 15) is 4.79 Å². The van der Waals surface area contributed by atoms with Gasteiger partial charge < -0.3 is 19.9 Å². The Hall–Kier alpha value is -2.12. The second kappa shape index (κ2) is 10.7. The van der Waals surface area contributed by atoms with Crippen LogP contribution in [0.4, 0.5) is 0 Å². The minimum atomic E-state index is -0.0335. The molecule has 1 aromatic carbocycles. The number of benzene rings is 1. The Morgan fingerprint density at radius 2 is 1.69 bits per heavy atom. The van der Waals surface area contributed by atoms with Crippen molar-refractivity contribution in [1.82, 2.24) is 20.0 Å². The number of likely N-dealkylation sites (tertiary alicyclic amines) is 1. The Kier molecular flexibility index (Phi) is 7.68. The summed E-state index contributed by atoms with van der Waals surface area (Å²) in [7, 11) is 1.87. The molecule has 3 aliphatic heterocycles. The maximum atomic E-state index is 12.8. The highest BCUT2D eigenvalue weighted by molar-refractivity contribution is 5.82. The molecule has 3 aliphatic rings. The van der Waals surface area contributed by atoms with Gasteiger partial charge in [-0.1, -0.05) is 30.3 Å². The molecule has 1 atom stereocenters. The fraction of sp³-hybridized carbons (Fsp3) is 0.680. The maximum absolute atomic E-state index is 12.8. The molecule has 0 bridgehead atoms. The highest BCUT2D eigenvalue weighted by Gasteiger charge is 2.35. The van der Waals surface area contributed by atoms with Crippen molar-refractivity contribution in [3.05, 3.63) is 35.9 Å². The molecule has 32 heavy (non-hydrogen) atoms. The Balaban J connectivity index is 1.33. The molecule has 3 fully saturated rings. The van der Waals surface area contributed by atoms with Gasteiger partial charge in [0.1, 0.15) is 0 Å². The molecular weight excluding hydrogens is 402 g/mol. The SMILES string of the molecule is CN=C(NCC1(c2ccccc2)CCOCC1)N1CCN(C(C)C(=O)N2CCCC2)CC1. The number of nitrogens with zero attached hydrogens (tertiary/aromatic N) is 4. The van der Waals surface area contributed by atoms with Gasteiger partial charge in [0.2, 0.25) is 5.91 Å². The molecule has 0 radical (unpaired) electrons. The zero-order chi connectivity index (χ0) is 22.4. The first kappa shape index (κ1) is 23.1. The van der Waals surface area contributed by atoms with Gasteiger partial charge in [-0.2, -0.15) is 0 Å². The predicted octanol–water partition coefficient (Wildman–Crippen LogP) is 1.94.